The smallest absolute Gasteiger partial charge is 0.314 e. The van der Waals surface area contributed by atoms with Gasteiger partial charge in [0.15, 0.2) is 0 Å². The van der Waals surface area contributed by atoms with E-state index in [-0.39, 0.29) is 17.6 Å². The number of aromatic nitrogens is 1. The summed E-state index contributed by atoms with van der Waals surface area (Å²) >= 11 is 0. The molecule has 1 aliphatic heterocycles. The fourth-order valence-corrected chi connectivity index (χ4v) is 4.58. The molecule has 25 heavy (non-hydrogen) atoms. The maximum absolute atomic E-state index is 12.4. The third kappa shape index (κ3) is 2.57. The molecule has 7 heteroatoms. The van der Waals surface area contributed by atoms with Crippen LogP contribution in [0.1, 0.15) is 25.7 Å². The molecule has 1 spiro atoms. The molecule has 1 saturated heterocycles. The zero-order chi connectivity index (χ0) is 17.6. The second kappa shape index (κ2) is 5.98. The first-order valence-corrected chi connectivity index (χ1v) is 8.89. The zero-order valence-corrected chi connectivity index (χ0v) is 14.6. The van der Waals surface area contributed by atoms with Crippen LogP contribution in [0.2, 0.25) is 0 Å². The Morgan fingerprint density at radius 3 is 2.76 bits per heavy atom. The molecule has 2 saturated carbocycles. The summed E-state index contributed by atoms with van der Waals surface area (Å²) in [4.78, 5) is 30.8. The van der Waals surface area contributed by atoms with Gasteiger partial charge in [-0.25, -0.2) is 4.98 Å². The number of hydrogen-bond acceptors (Lipinski definition) is 5. The second-order valence-electron chi connectivity index (χ2n) is 7.51. The molecule has 2 aliphatic carbocycles. The largest absolute Gasteiger partial charge is 0.377 e. The van der Waals surface area contributed by atoms with Gasteiger partial charge < -0.3 is 20.3 Å². The van der Waals surface area contributed by atoms with Gasteiger partial charge in [0.1, 0.15) is 11.6 Å². The van der Waals surface area contributed by atoms with E-state index < -0.39 is 11.8 Å². The maximum Gasteiger partial charge on any atom is 0.314 e. The Balaban J connectivity index is 1.40. The minimum Gasteiger partial charge on any atom is -0.377 e. The molecule has 0 aromatic carbocycles. The fourth-order valence-electron chi connectivity index (χ4n) is 4.58. The van der Waals surface area contributed by atoms with Crippen molar-refractivity contribution in [3.8, 4) is 0 Å². The summed E-state index contributed by atoms with van der Waals surface area (Å²) in [5, 5.41) is 5.56. The van der Waals surface area contributed by atoms with E-state index in [0.717, 1.165) is 31.7 Å². The van der Waals surface area contributed by atoms with E-state index in [2.05, 4.69) is 15.6 Å². The molecule has 3 atom stereocenters. The molecule has 1 aromatic rings. The van der Waals surface area contributed by atoms with E-state index >= 15 is 0 Å². The van der Waals surface area contributed by atoms with Gasteiger partial charge in [-0.15, -0.1) is 0 Å². The highest BCUT2D eigenvalue weighted by molar-refractivity contribution is 6.39. The normalized spacial score (nSPS) is 28.5. The number of ether oxygens (including phenoxy) is 1. The highest BCUT2D eigenvalue weighted by Crippen LogP contribution is 2.62. The third-order valence-corrected chi connectivity index (χ3v) is 5.96. The van der Waals surface area contributed by atoms with Crippen molar-refractivity contribution in [1.29, 1.82) is 0 Å². The number of rotatable bonds is 3. The predicted molar refractivity (Wildman–Crippen MR) is 93.3 cm³/mol. The van der Waals surface area contributed by atoms with E-state index in [0.29, 0.717) is 11.7 Å². The van der Waals surface area contributed by atoms with Gasteiger partial charge in [-0.1, -0.05) is 12.5 Å². The van der Waals surface area contributed by atoms with Crippen LogP contribution >= 0.6 is 0 Å². The van der Waals surface area contributed by atoms with Crippen molar-refractivity contribution >= 4 is 23.5 Å². The van der Waals surface area contributed by atoms with Crippen molar-refractivity contribution in [2.24, 2.45) is 11.3 Å². The molecule has 3 aliphatic rings. The van der Waals surface area contributed by atoms with Crippen LogP contribution in [0, 0.1) is 11.3 Å². The molecule has 2 N–H and O–H groups in total. The number of anilines is 2. The molecule has 3 fully saturated rings. The molecular weight excluding hydrogens is 320 g/mol. The average molecular weight is 344 g/mol. The van der Waals surface area contributed by atoms with Gasteiger partial charge in [-0.2, -0.15) is 0 Å². The lowest BCUT2D eigenvalue weighted by atomic mass is 9.46. The van der Waals surface area contributed by atoms with Crippen LogP contribution < -0.4 is 15.5 Å². The predicted octanol–water partition coefficient (Wildman–Crippen LogP) is 1.16. The van der Waals surface area contributed by atoms with Crippen LogP contribution in [0.5, 0.6) is 0 Å². The lowest BCUT2D eigenvalue weighted by Gasteiger charge is -2.63. The summed E-state index contributed by atoms with van der Waals surface area (Å²) in [7, 11) is 3.74. The van der Waals surface area contributed by atoms with Gasteiger partial charge in [0, 0.05) is 38.1 Å². The number of hydrogen-bond donors (Lipinski definition) is 2. The van der Waals surface area contributed by atoms with Crippen LogP contribution in [0.15, 0.2) is 18.2 Å². The minimum atomic E-state index is -0.666. The first kappa shape index (κ1) is 16.3. The van der Waals surface area contributed by atoms with Crippen molar-refractivity contribution in [2.75, 3.05) is 30.9 Å². The standard InChI is InChI=1S/C18H24N4O3/c1-22(2)13-6-3-5-12(19-13)20-16(23)17(24)21-14-11-7-10-25-15(11)18(14)8-4-9-18/h3,5-6,11,14-15H,4,7-10H2,1-2H3,(H,21,24)(H,19,20,23)/t11-,14+,15-/m0/s1. The van der Waals surface area contributed by atoms with Crippen LogP contribution in [-0.2, 0) is 14.3 Å². The second-order valence-corrected chi connectivity index (χ2v) is 7.51. The van der Waals surface area contributed by atoms with Gasteiger partial charge in [0.05, 0.1) is 6.10 Å². The molecule has 4 rings (SSSR count). The van der Waals surface area contributed by atoms with E-state index in [4.69, 9.17) is 4.74 Å². The fraction of sp³-hybridized carbons (Fsp3) is 0.611. The van der Waals surface area contributed by atoms with Crippen LogP contribution in [0.25, 0.3) is 0 Å². The molecule has 2 amide bonds. The number of pyridine rings is 1. The summed E-state index contributed by atoms with van der Waals surface area (Å²) in [6.07, 6.45) is 4.56. The highest BCUT2D eigenvalue weighted by Gasteiger charge is 2.67. The molecular formula is C18H24N4O3. The maximum atomic E-state index is 12.4. The zero-order valence-electron chi connectivity index (χ0n) is 14.6. The summed E-state index contributed by atoms with van der Waals surface area (Å²) in [5.74, 6) is 0.197. The lowest BCUT2D eigenvalue weighted by Crippen LogP contribution is -2.72. The number of carbonyl (C=O) groups excluding carboxylic acids is 2. The number of carbonyl (C=O) groups is 2. The van der Waals surface area contributed by atoms with Crippen molar-refractivity contribution < 1.29 is 14.3 Å². The Kier molecular flexibility index (Phi) is 3.91. The molecule has 0 bridgehead atoms. The third-order valence-electron chi connectivity index (χ3n) is 5.96. The van der Waals surface area contributed by atoms with Crippen molar-refractivity contribution in [1.82, 2.24) is 10.3 Å². The Bertz CT molecular complexity index is 701. The van der Waals surface area contributed by atoms with Crippen LogP contribution in [-0.4, -0.2) is 49.6 Å². The molecule has 134 valence electrons. The average Bonchev–Trinajstić information content (AvgIpc) is 2.96. The Morgan fingerprint density at radius 2 is 2.08 bits per heavy atom. The van der Waals surface area contributed by atoms with Crippen molar-refractivity contribution in [3.05, 3.63) is 18.2 Å². The monoisotopic (exact) mass is 344 g/mol. The summed E-state index contributed by atoms with van der Waals surface area (Å²) in [6.45, 7) is 0.761. The molecule has 1 aromatic heterocycles. The molecule has 0 unspecified atom stereocenters. The van der Waals surface area contributed by atoms with Gasteiger partial charge in [-0.05, 0) is 31.4 Å². The van der Waals surface area contributed by atoms with Gasteiger partial charge in [0.25, 0.3) is 0 Å². The number of fused-ring (bicyclic) bond motifs is 2. The van der Waals surface area contributed by atoms with Crippen LogP contribution in [0.3, 0.4) is 0 Å². The first-order valence-electron chi connectivity index (χ1n) is 8.89. The topological polar surface area (TPSA) is 83.6 Å². The number of nitrogens with one attached hydrogen (secondary N) is 2. The van der Waals surface area contributed by atoms with Crippen molar-refractivity contribution in [2.45, 2.75) is 37.8 Å². The Morgan fingerprint density at radius 1 is 1.28 bits per heavy atom. The Labute approximate surface area is 147 Å². The van der Waals surface area contributed by atoms with E-state index in [1.165, 1.54) is 6.42 Å². The molecule has 0 radical (unpaired) electrons. The van der Waals surface area contributed by atoms with E-state index in [1.807, 2.05) is 25.1 Å². The lowest BCUT2D eigenvalue weighted by molar-refractivity contribution is -0.179. The SMILES string of the molecule is CN(C)c1cccc(NC(=O)C(=O)N[C@@H]2[C@@H]3CCO[C@@H]3C23CCC3)n1. The number of amides is 2. The molecule has 2 heterocycles. The van der Waals surface area contributed by atoms with Gasteiger partial charge in [0.2, 0.25) is 0 Å². The van der Waals surface area contributed by atoms with E-state index in [1.54, 1.807) is 12.1 Å². The van der Waals surface area contributed by atoms with Gasteiger partial charge >= 0.3 is 11.8 Å². The van der Waals surface area contributed by atoms with Gasteiger partial charge in [-0.3, -0.25) is 9.59 Å². The Hall–Kier alpha value is -2.15. The minimum absolute atomic E-state index is 0.0630. The van der Waals surface area contributed by atoms with Crippen LogP contribution in [0.4, 0.5) is 11.6 Å². The summed E-state index contributed by atoms with van der Waals surface area (Å²) < 4.78 is 5.85. The van der Waals surface area contributed by atoms with Crippen molar-refractivity contribution in [3.63, 3.8) is 0 Å². The number of nitrogens with zero attached hydrogens (tertiary/aromatic N) is 2. The first-order chi connectivity index (χ1) is 12.0. The highest BCUT2D eigenvalue weighted by atomic mass is 16.5. The van der Waals surface area contributed by atoms with E-state index in [9.17, 15) is 9.59 Å². The molecule has 7 nitrogen and oxygen atoms in total. The summed E-state index contributed by atoms with van der Waals surface area (Å²) in [6, 6.07) is 5.37. The summed E-state index contributed by atoms with van der Waals surface area (Å²) in [5.41, 5.74) is 0.0696. The quantitative estimate of drug-likeness (QED) is 0.804.